The lowest BCUT2D eigenvalue weighted by molar-refractivity contribution is 0.395. The van der Waals surface area contributed by atoms with E-state index in [1.54, 1.807) is 11.4 Å². The molecule has 4 rings (SSSR count). The number of unbranched alkanes of at least 4 members (excludes halogenated alkanes) is 5. The molecule has 4 heteroatoms. The highest BCUT2D eigenvalue weighted by Crippen LogP contribution is 2.34. The Hall–Kier alpha value is -1.84. The summed E-state index contributed by atoms with van der Waals surface area (Å²) in [5.41, 5.74) is 9.12. The molecule has 166 valence electrons. The van der Waals surface area contributed by atoms with Crippen molar-refractivity contribution >= 4 is 0 Å². The van der Waals surface area contributed by atoms with Gasteiger partial charge in [0.25, 0.3) is 0 Å². The molecule has 2 N–H and O–H groups in total. The molecule has 4 nitrogen and oxygen atoms in total. The Morgan fingerprint density at radius 2 is 1.07 bits per heavy atom. The van der Waals surface area contributed by atoms with Crippen molar-refractivity contribution in [2.75, 3.05) is 27.2 Å². The fourth-order valence-corrected chi connectivity index (χ4v) is 5.54. The maximum atomic E-state index is 3.75. The van der Waals surface area contributed by atoms with E-state index in [0.29, 0.717) is 0 Å². The van der Waals surface area contributed by atoms with Gasteiger partial charge in [-0.15, -0.1) is 0 Å². The molecule has 0 spiro atoms. The number of hydrogen-bond donors (Lipinski definition) is 2. The molecule has 2 fully saturated rings. The van der Waals surface area contributed by atoms with Crippen LogP contribution in [0.1, 0.15) is 89.9 Å². The van der Waals surface area contributed by atoms with Gasteiger partial charge < -0.3 is 20.4 Å². The lowest BCUT2D eigenvalue weighted by Gasteiger charge is -2.36. The van der Waals surface area contributed by atoms with Crippen molar-refractivity contribution in [2.45, 2.75) is 89.9 Å². The molecule has 0 radical (unpaired) electrons. The zero-order valence-corrected chi connectivity index (χ0v) is 19.4. The highest BCUT2D eigenvalue weighted by atomic mass is 15.2. The SMILES string of the molecule is CN1C2=CCC(NCCCCCCCCNC3=C4CCCC(=CC3)N4C)=C1CCC2. The van der Waals surface area contributed by atoms with E-state index in [-0.39, 0.29) is 0 Å². The van der Waals surface area contributed by atoms with Gasteiger partial charge in [0, 0.05) is 74.2 Å². The molecule has 4 heterocycles. The Labute approximate surface area is 184 Å². The lowest BCUT2D eigenvalue weighted by Crippen LogP contribution is -2.30. The van der Waals surface area contributed by atoms with Crippen molar-refractivity contribution in [1.82, 2.24) is 20.4 Å². The number of hydrogen-bond acceptors (Lipinski definition) is 4. The average Bonchev–Trinajstić information content (AvgIpc) is 2.72. The molecule has 2 saturated heterocycles. The highest BCUT2D eigenvalue weighted by molar-refractivity contribution is 5.29. The third-order valence-corrected chi connectivity index (χ3v) is 7.43. The molecule has 0 unspecified atom stereocenters. The Morgan fingerprint density at radius 3 is 1.53 bits per heavy atom. The monoisotopic (exact) mass is 410 g/mol. The molecule has 0 saturated carbocycles. The van der Waals surface area contributed by atoms with E-state index in [2.05, 4.69) is 46.7 Å². The van der Waals surface area contributed by atoms with Gasteiger partial charge in [-0.25, -0.2) is 0 Å². The van der Waals surface area contributed by atoms with E-state index in [0.717, 1.165) is 25.9 Å². The molecule has 4 bridgehead atoms. The normalized spacial score (nSPS) is 21.0. The minimum atomic E-state index is 1.12. The zero-order chi connectivity index (χ0) is 20.8. The standard InChI is InChI=1S/C26H42N4/c1-29-21-11-9-13-25(29)23(17-15-21)27-19-7-5-3-4-6-8-20-28-24-18-16-22-12-10-14-26(24)30(22)2/h15-16,27-28H,3-14,17-20H2,1-2H3. The summed E-state index contributed by atoms with van der Waals surface area (Å²) in [6.07, 6.45) is 22.8. The molecule has 4 aliphatic rings. The van der Waals surface area contributed by atoms with Crippen LogP contribution in [-0.2, 0) is 0 Å². The number of allylic oxidation sites excluding steroid dienone is 6. The molecule has 0 amide bonds. The minimum Gasteiger partial charge on any atom is -0.387 e. The first kappa shape index (κ1) is 21.4. The summed E-state index contributed by atoms with van der Waals surface area (Å²) >= 11 is 0. The fourth-order valence-electron chi connectivity index (χ4n) is 5.54. The number of fused-ring (bicyclic) bond motifs is 4. The summed E-state index contributed by atoms with van der Waals surface area (Å²) < 4.78 is 0. The Morgan fingerprint density at radius 1 is 0.633 bits per heavy atom. The summed E-state index contributed by atoms with van der Waals surface area (Å²) in [7, 11) is 4.48. The van der Waals surface area contributed by atoms with Crippen molar-refractivity contribution in [3.8, 4) is 0 Å². The van der Waals surface area contributed by atoms with Crippen LogP contribution in [-0.4, -0.2) is 37.0 Å². The van der Waals surface area contributed by atoms with Crippen LogP contribution in [0.2, 0.25) is 0 Å². The van der Waals surface area contributed by atoms with Gasteiger partial charge in [-0.05, 0) is 51.4 Å². The summed E-state index contributed by atoms with van der Waals surface area (Å²) in [4.78, 5) is 4.85. The second-order valence-corrected chi connectivity index (χ2v) is 9.45. The molecule has 0 aromatic rings. The van der Waals surface area contributed by atoms with Gasteiger partial charge in [0.05, 0.1) is 0 Å². The summed E-state index contributed by atoms with van der Waals surface area (Å²) in [6, 6.07) is 0. The van der Waals surface area contributed by atoms with Crippen LogP contribution in [0.5, 0.6) is 0 Å². The number of nitrogens with one attached hydrogen (secondary N) is 2. The highest BCUT2D eigenvalue weighted by Gasteiger charge is 2.24. The van der Waals surface area contributed by atoms with Crippen LogP contribution >= 0.6 is 0 Å². The number of rotatable bonds is 11. The third-order valence-electron chi connectivity index (χ3n) is 7.43. The van der Waals surface area contributed by atoms with Gasteiger partial charge >= 0.3 is 0 Å². The Bertz CT molecular complexity index is 665. The van der Waals surface area contributed by atoms with Crippen LogP contribution in [0, 0.1) is 0 Å². The molecule has 4 aliphatic heterocycles. The second kappa shape index (κ2) is 10.5. The van der Waals surface area contributed by atoms with E-state index < -0.39 is 0 Å². The van der Waals surface area contributed by atoms with E-state index in [1.165, 1.54) is 99.8 Å². The molecule has 0 aromatic heterocycles. The van der Waals surface area contributed by atoms with Crippen LogP contribution in [0.4, 0.5) is 0 Å². The van der Waals surface area contributed by atoms with Crippen LogP contribution in [0.15, 0.2) is 46.3 Å². The maximum Gasteiger partial charge on any atom is 0.0368 e. The predicted octanol–water partition coefficient (Wildman–Crippen LogP) is 5.74. The molecular weight excluding hydrogens is 368 g/mol. The van der Waals surface area contributed by atoms with E-state index in [1.807, 2.05) is 0 Å². The molecule has 0 aliphatic carbocycles. The fraction of sp³-hybridized carbons (Fsp3) is 0.692. The van der Waals surface area contributed by atoms with Gasteiger partial charge in [-0.2, -0.15) is 0 Å². The minimum absolute atomic E-state index is 1.12. The average molecular weight is 411 g/mol. The van der Waals surface area contributed by atoms with Crippen LogP contribution in [0.3, 0.4) is 0 Å². The second-order valence-electron chi connectivity index (χ2n) is 9.45. The maximum absolute atomic E-state index is 3.75. The van der Waals surface area contributed by atoms with Crippen LogP contribution in [0.25, 0.3) is 0 Å². The van der Waals surface area contributed by atoms with Gasteiger partial charge in [0.1, 0.15) is 0 Å². The zero-order valence-electron chi connectivity index (χ0n) is 19.4. The lowest BCUT2D eigenvalue weighted by atomic mass is 9.96. The van der Waals surface area contributed by atoms with Crippen molar-refractivity contribution in [1.29, 1.82) is 0 Å². The topological polar surface area (TPSA) is 30.5 Å². The smallest absolute Gasteiger partial charge is 0.0368 e. The summed E-state index contributed by atoms with van der Waals surface area (Å²) in [5, 5.41) is 7.49. The Kier molecular flexibility index (Phi) is 7.46. The summed E-state index contributed by atoms with van der Waals surface area (Å²) in [5.74, 6) is 0. The van der Waals surface area contributed by atoms with Gasteiger partial charge in [-0.3, -0.25) is 0 Å². The molecule has 0 aromatic carbocycles. The quantitative estimate of drug-likeness (QED) is 0.426. The molecule has 0 atom stereocenters. The summed E-state index contributed by atoms with van der Waals surface area (Å²) in [6.45, 7) is 2.27. The first-order valence-corrected chi connectivity index (χ1v) is 12.5. The van der Waals surface area contributed by atoms with Crippen molar-refractivity contribution < 1.29 is 0 Å². The van der Waals surface area contributed by atoms with Crippen molar-refractivity contribution in [2.24, 2.45) is 0 Å². The van der Waals surface area contributed by atoms with Crippen molar-refractivity contribution in [3.05, 3.63) is 46.3 Å². The largest absolute Gasteiger partial charge is 0.387 e. The molecule has 30 heavy (non-hydrogen) atoms. The molecular formula is C26H42N4. The van der Waals surface area contributed by atoms with Gasteiger partial charge in [0.2, 0.25) is 0 Å². The third kappa shape index (κ3) is 5.07. The van der Waals surface area contributed by atoms with Gasteiger partial charge in [-0.1, -0.05) is 37.8 Å². The van der Waals surface area contributed by atoms with E-state index in [4.69, 9.17) is 0 Å². The van der Waals surface area contributed by atoms with E-state index in [9.17, 15) is 0 Å². The number of nitrogens with zero attached hydrogens (tertiary/aromatic N) is 2. The van der Waals surface area contributed by atoms with Gasteiger partial charge in [0.15, 0.2) is 0 Å². The Balaban J connectivity index is 1.03. The first-order chi connectivity index (χ1) is 14.7. The number of piperidine rings is 2. The van der Waals surface area contributed by atoms with Crippen LogP contribution < -0.4 is 10.6 Å². The van der Waals surface area contributed by atoms with E-state index >= 15 is 0 Å². The van der Waals surface area contributed by atoms with Crippen molar-refractivity contribution in [3.63, 3.8) is 0 Å². The predicted molar refractivity (Wildman–Crippen MR) is 126 cm³/mol. The first-order valence-electron chi connectivity index (χ1n) is 12.5.